The Morgan fingerprint density at radius 1 is 1.20 bits per heavy atom. The summed E-state index contributed by atoms with van der Waals surface area (Å²) in [5.41, 5.74) is 8.63. The molecule has 2 nitrogen and oxygen atoms in total. The van der Waals surface area contributed by atoms with Crippen LogP contribution in [0.5, 0.6) is 0 Å². The molecule has 1 aliphatic heterocycles. The van der Waals surface area contributed by atoms with E-state index in [4.69, 9.17) is 5.73 Å². The zero-order valence-electron chi connectivity index (χ0n) is 9.21. The van der Waals surface area contributed by atoms with Crippen molar-refractivity contribution in [1.82, 2.24) is 5.32 Å². The number of benzene rings is 1. The average molecular weight is 204 g/mol. The summed E-state index contributed by atoms with van der Waals surface area (Å²) in [4.78, 5) is 0. The van der Waals surface area contributed by atoms with Gasteiger partial charge in [-0.25, -0.2) is 0 Å². The van der Waals surface area contributed by atoms with E-state index < -0.39 is 0 Å². The number of hydrogen-bond donors (Lipinski definition) is 2. The standard InChI is InChI=1S/C13H20N2/c14-8-5-11-3-1-2-4-13(11)12-6-9-15-10-7-12/h1-4,12,15H,5-10,14H2. The summed E-state index contributed by atoms with van der Waals surface area (Å²) in [5, 5.41) is 3.41. The lowest BCUT2D eigenvalue weighted by Gasteiger charge is -2.25. The lowest BCUT2D eigenvalue weighted by molar-refractivity contribution is 0.458. The third-order valence-corrected chi connectivity index (χ3v) is 3.25. The first-order valence-corrected chi connectivity index (χ1v) is 5.90. The van der Waals surface area contributed by atoms with Gasteiger partial charge in [-0.1, -0.05) is 24.3 Å². The molecule has 1 saturated heterocycles. The predicted octanol–water partition coefficient (Wildman–Crippen LogP) is 1.65. The highest BCUT2D eigenvalue weighted by Gasteiger charge is 2.17. The van der Waals surface area contributed by atoms with Gasteiger partial charge in [0, 0.05) is 0 Å². The van der Waals surface area contributed by atoms with Gasteiger partial charge in [0.15, 0.2) is 0 Å². The van der Waals surface area contributed by atoms with Crippen LogP contribution in [0.1, 0.15) is 29.9 Å². The summed E-state index contributed by atoms with van der Waals surface area (Å²) >= 11 is 0. The molecule has 15 heavy (non-hydrogen) atoms. The molecule has 0 radical (unpaired) electrons. The largest absolute Gasteiger partial charge is 0.330 e. The molecule has 0 amide bonds. The van der Waals surface area contributed by atoms with Crippen molar-refractivity contribution in [3.63, 3.8) is 0 Å². The highest BCUT2D eigenvalue weighted by atomic mass is 14.9. The molecule has 0 aromatic heterocycles. The van der Waals surface area contributed by atoms with E-state index >= 15 is 0 Å². The second-order valence-corrected chi connectivity index (χ2v) is 4.26. The number of piperidine rings is 1. The van der Waals surface area contributed by atoms with Crippen LogP contribution >= 0.6 is 0 Å². The molecule has 0 spiro atoms. The molecule has 1 aromatic rings. The van der Waals surface area contributed by atoms with Crippen LogP contribution in [0.2, 0.25) is 0 Å². The Morgan fingerprint density at radius 3 is 2.67 bits per heavy atom. The summed E-state index contributed by atoms with van der Waals surface area (Å²) < 4.78 is 0. The Bertz CT molecular complexity index is 303. The van der Waals surface area contributed by atoms with Gasteiger partial charge in [-0.15, -0.1) is 0 Å². The van der Waals surface area contributed by atoms with E-state index in [0.717, 1.165) is 32.0 Å². The molecule has 0 saturated carbocycles. The Morgan fingerprint density at radius 2 is 1.93 bits per heavy atom. The Hall–Kier alpha value is -0.860. The van der Waals surface area contributed by atoms with Gasteiger partial charge in [0.1, 0.15) is 0 Å². The van der Waals surface area contributed by atoms with Crippen LogP contribution in [0.15, 0.2) is 24.3 Å². The van der Waals surface area contributed by atoms with Gasteiger partial charge in [-0.2, -0.15) is 0 Å². The first kappa shape index (κ1) is 10.7. The minimum absolute atomic E-state index is 0.744. The molecule has 0 unspecified atom stereocenters. The fraction of sp³-hybridized carbons (Fsp3) is 0.538. The van der Waals surface area contributed by atoms with Gasteiger partial charge in [0.2, 0.25) is 0 Å². The van der Waals surface area contributed by atoms with Gasteiger partial charge < -0.3 is 11.1 Å². The van der Waals surface area contributed by atoms with E-state index in [-0.39, 0.29) is 0 Å². The normalized spacial score (nSPS) is 17.9. The van der Waals surface area contributed by atoms with Gasteiger partial charge in [-0.3, -0.25) is 0 Å². The van der Waals surface area contributed by atoms with Crippen LogP contribution in [-0.2, 0) is 6.42 Å². The zero-order valence-corrected chi connectivity index (χ0v) is 9.21. The molecule has 82 valence electrons. The zero-order chi connectivity index (χ0) is 10.5. The molecule has 1 fully saturated rings. The highest BCUT2D eigenvalue weighted by Crippen LogP contribution is 2.27. The number of rotatable bonds is 3. The minimum Gasteiger partial charge on any atom is -0.330 e. The maximum absolute atomic E-state index is 5.65. The molecule has 3 N–H and O–H groups in total. The van der Waals surface area contributed by atoms with Crippen molar-refractivity contribution < 1.29 is 0 Å². The Labute approximate surface area is 91.9 Å². The summed E-state index contributed by atoms with van der Waals surface area (Å²) in [6.45, 7) is 3.06. The van der Waals surface area contributed by atoms with E-state index in [9.17, 15) is 0 Å². The first-order valence-electron chi connectivity index (χ1n) is 5.90. The second-order valence-electron chi connectivity index (χ2n) is 4.26. The van der Waals surface area contributed by atoms with E-state index in [1.54, 1.807) is 0 Å². The van der Waals surface area contributed by atoms with Gasteiger partial charge in [0.05, 0.1) is 0 Å². The summed E-state index contributed by atoms with van der Waals surface area (Å²) in [7, 11) is 0. The SMILES string of the molecule is NCCc1ccccc1C1CCNCC1. The molecular weight excluding hydrogens is 184 g/mol. The average Bonchev–Trinajstić information content (AvgIpc) is 2.31. The van der Waals surface area contributed by atoms with E-state index in [1.807, 2.05) is 0 Å². The van der Waals surface area contributed by atoms with Crippen molar-refractivity contribution in [1.29, 1.82) is 0 Å². The minimum atomic E-state index is 0.744. The van der Waals surface area contributed by atoms with Crippen LogP contribution in [0.25, 0.3) is 0 Å². The van der Waals surface area contributed by atoms with E-state index in [1.165, 1.54) is 24.0 Å². The summed E-state index contributed by atoms with van der Waals surface area (Å²) in [6.07, 6.45) is 3.54. The molecule has 0 atom stereocenters. The fourth-order valence-corrected chi connectivity index (χ4v) is 2.45. The van der Waals surface area contributed by atoms with E-state index in [2.05, 4.69) is 29.6 Å². The van der Waals surface area contributed by atoms with Crippen LogP contribution in [0.4, 0.5) is 0 Å². The number of nitrogens with two attached hydrogens (primary N) is 1. The fourth-order valence-electron chi connectivity index (χ4n) is 2.45. The maximum Gasteiger partial charge on any atom is -0.00366 e. The smallest absolute Gasteiger partial charge is 0.00366 e. The second kappa shape index (κ2) is 5.29. The number of hydrogen-bond acceptors (Lipinski definition) is 2. The Kier molecular flexibility index (Phi) is 3.75. The van der Waals surface area contributed by atoms with Crippen LogP contribution < -0.4 is 11.1 Å². The lowest BCUT2D eigenvalue weighted by atomic mass is 9.86. The monoisotopic (exact) mass is 204 g/mol. The molecule has 1 heterocycles. The van der Waals surface area contributed by atoms with Crippen molar-refractivity contribution in [2.45, 2.75) is 25.2 Å². The van der Waals surface area contributed by atoms with E-state index in [0.29, 0.717) is 0 Å². The van der Waals surface area contributed by atoms with Gasteiger partial charge in [-0.05, 0) is 55.9 Å². The molecule has 0 aliphatic carbocycles. The van der Waals surface area contributed by atoms with Crippen molar-refractivity contribution in [3.8, 4) is 0 Å². The third kappa shape index (κ3) is 2.58. The molecule has 1 aliphatic rings. The molecule has 2 heteroatoms. The van der Waals surface area contributed by atoms with Crippen molar-refractivity contribution in [3.05, 3.63) is 35.4 Å². The highest BCUT2D eigenvalue weighted by molar-refractivity contribution is 5.31. The first-order chi connectivity index (χ1) is 7.42. The van der Waals surface area contributed by atoms with Crippen molar-refractivity contribution in [2.24, 2.45) is 5.73 Å². The van der Waals surface area contributed by atoms with Gasteiger partial charge >= 0.3 is 0 Å². The van der Waals surface area contributed by atoms with Crippen LogP contribution in [0.3, 0.4) is 0 Å². The molecule has 1 aromatic carbocycles. The summed E-state index contributed by atoms with van der Waals surface area (Å²) in [5.74, 6) is 0.744. The van der Waals surface area contributed by atoms with Gasteiger partial charge in [0.25, 0.3) is 0 Å². The molecule has 2 rings (SSSR count). The maximum atomic E-state index is 5.65. The lowest BCUT2D eigenvalue weighted by Crippen LogP contribution is -2.27. The predicted molar refractivity (Wildman–Crippen MR) is 64.0 cm³/mol. The Balaban J connectivity index is 2.17. The van der Waals surface area contributed by atoms with Crippen molar-refractivity contribution in [2.75, 3.05) is 19.6 Å². The molecule has 0 bridgehead atoms. The quantitative estimate of drug-likeness (QED) is 0.785. The van der Waals surface area contributed by atoms with Crippen molar-refractivity contribution >= 4 is 0 Å². The third-order valence-electron chi connectivity index (χ3n) is 3.25. The topological polar surface area (TPSA) is 38.0 Å². The molecular formula is C13H20N2. The van der Waals surface area contributed by atoms with Crippen LogP contribution in [-0.4, -0.2) is 19.6 Å². The van der Waals surface area contributed by atoms with Crippen LogP contribution in [0, 0.1) is 0 Å². The number of nitrogens with one attached hydrogen (secondary N) is 1. The summed E-state index contributed by atoms with van der Waals surface area (Å²) in [6, 6.07) is 8.78.